The van der Waals surface area contributed by atoms with Gasteiger partial charge in [-0.3, -0.25) is 14.4 Å². The van der Waals surface area contributed by atoms with Crippen LogP contribution >= 0.6 is 11.8 Å². The first kappa shape index (κ1) is 40.6. The first-order valence-electron chi connectivity index (χ1n) is 16.1. The zero-order valence-electron chi connectivity index (χ0n) is 28.9. The third-order valence-electron chi connectivity index (χ3n) is 7.02. The van der Waals surface area contributed by atoms with E-state index in [-0.39, 0.29) is 54.4 Å². The normalized spacial score (nSPS) is 13.0. The van der Waals surface area contributed by atoms with E-state index >= 15 is 0 Å². The molecule has 0 heterocycles. The fraction of sp³-hybridized carbons (Fsp3) is 0.486. The molecule has 0 saturated heterocycles. The molecule has 13 nitrogen and oxygen atoms in total. The quantitative estimate of drug-likeness (QED) is 0.110. The van der Waals surface area contributed by atoms with Gasteiger partial charge in [0.2, 0.25) is 17.7 Å². The van der Waals surface area contributed by atoms with E-state index in [0.717, 1.165) is 17.3 Å². The zero-order valence-corrected chi connectivity index (χ0v) is 29.7. The molecular formula is C35H49N5O8S. The third-order valence-corrected chi connectivity index (χ3v) is 8.11. The molecule has 0 saturated carbocycles. The average molecular weight is 700 g/mol. The lowest BCUT2D eigenvalue weighted by atomic mass is 9.92. The number of carboxylic acids is 2. The molecule has 0 aliphatic heterocycles. The number of hydrogen-bond acceptors (Lipinski definition) is 7. The van der Waals surface area contributed by atoms with Gasteiger partial charge in [0.05, 0.1) is 6.42 Å². The second kappa shape index (κ2) is 19.4. The molecule has 5 amide bonds. The first-order valence-corrected chi connectivity index (χ1v) is 17.2. The molecule has 0 radical (unpaired) electrons. The summed E-state index contributed by atoms with van der Waals surface area (Å²) < 4.78 is 0. The minimum atomic E-state index is -1.27. The van der Waals surface area contributed by atoms with Gasteiger partial charge in [-0.2, -0.15) is 11.8 Å². The van der Waals surface area contributed by atoms with Crippen molar-refractivity contribution < 1.29 is 39.0 Å². The van der Waals surface area contributed by atoms with E-state index in [1.807, 2.05) is 53.7 Å². The van der Waals surface area contributed by atoms with Gasteiger partial charge >= 0.3 is 18.0 Å². The van der Waals surface area contributed by atoms with Gasteiger partial charge in [0.1, 0.15) is 18.1 Å². The van der Waals surface area contributed by atoms with E-state index in [9.17, 15) is 39.0 Å². The Bertz CT molecular complexity index is 1440. The van der Waals surface area contributed by atoms with Crippen LogP contribution in [0.3, 0.4) is 0 Å². The van der Waals surface area contributed by atoms with Crippen molar-refractivity contribution in [3.8, 4) is 0 Å². The molecule has 0 aliphatic rings. The van der Waals surface area contributed by atoms with Gasteiger partial charge in [-0.1, -0.05) is 64.4 Å². The van der Waals surface area contributed by atoms with E-state index in [4.69, 9.17) is 0 Å². The predicted octanol–water partition coefficient (Wildman–Crippen LogP) is 4.41. The molecule has 7 N–H and O–H groups in total. The Morgan fingerprint density at radius 1 is 0.735 bits per heavy atom. The number of carboxylic acid groups (broad SMARTS) is 2. The molecule has 0 fully saturated rings. The molecule has 0 spiro atoms. The van der Waals surface area contributed by atoms with Gasteiger partial charge in [-0.05, 0) is 66.7 Å². The number of carbonyl (C=O) groups excluding carboxylic acids is 4. The van der Waals surface area contributed by atoms with Crippen molar-refractivity contribution in [1.82, 2.24) is 16.0 Å². The lowest BCUT2D eigenvalue weighted by Crippen LogP contribution is -2.52. The number of amides is 5. The average Bonchev–Trinajstić information content (AvgIpc) is 2.98. The Morgan fingerprint density at radius 2 is 1.27 bits per heavy atom. The highest BCUT2D eigenvalue weighted by Gasteiger charge is 2.28. The highest BCUT2D eigenvalue weighted by Crippen LogP contribution is 2.19. The monoisotopic (exact) mass is 699 g/mol. The summed E-state index contributed by atoms with van der Waals surface area (Å²) in [5.74, 6) is -3.69. The summed E-state index contributed by atoms with van der Waals surface area (Å²) in [5.41, 5.74) is 2.56. The lowest BCUT2D eigenvalue weighted by Gasteiger charge is -2.23. The fourth-order valence-electron chi connectivity index (χ4n) is 4.60. The number of rotatable bonds is 18. The van der Waals surface area contributed by atoms with Crippen LogP contribution in [0.2, 0.25) is 0 Å². The molecule has 14 heteroatoms. The number of carbonyl (C=O) groups is 6. The number of hydrogen-bond donors (Lipinski definition) is 7. The van der Waals surface area contributed by atoms with Crippen molar-refractivity contribution >= 4 is 58.8 Å². The van der Waals surface area contributed by atoms with Crippen LogP contribution in [0.4, 0.5) is 16.2 Å². The highest BCUT2D eigenvalue weighted by atomic mass is 32.2. The number of aryl methyl sites for hydroxylation is 1. The van der Waals surface area contributed by atoms with E-state index in [0.29, 0.717) is 16.9 Å². The zero-order chi connectivity index (χ0) is 36.7. The lowest BCUT2D eigenvalue weighted by molar-refractivity contribution is -0.142. The van der Waals surface area contributed by atoms with Gasteiger partial charge in [0.15, 0.2) is 0 Å². The molecule has 3 unspecified atom stereocenters. The maximum atomic E-state index is 13.2. The molecule has 2 aromatic rings. The van der Waals surface area contributed by atoms with Crippen molar-refractivity contribution in [1.29, 1.82) is 0 Å². The first-order chi connectivity index (χ1) is 22.9. The Morgan fingerprint density at radius 3 is 1.78 bits per heavy atom. The Balaban J connectivity index is 1.91. The second-order valence-corrected chi connectivity index (χ2v) is 14.7. The summed E-state index contributed by atoms with van der Waals surface area (Å²) in [4.78, 5) is 74.2. The van der Waals surface area contributed by atoms with Crippen LogP contribution in [0, 0.1) is 18.3 Å². The standard InChI is InChI=1S/C35H49N5O8S/c1-21(2)17-27(31(43)40-26(32(44)45)15-16-49-20-28(33(46)47)39-30(42)19-35(4,5)6)38-29(41)18-23-9-13-25(14-10-23)37-34(48)36-24-11-7-22(3)8-12-24/h7-14,21,26-28H,15-20H2,1-6H3,(H,38,41)(H,39,42)(H,40,43)(H,44,45)(H,46,47)(H2,36,37,48). The van der Waals surface area contributed by atoms with Crippen LogP contribution in [-0.4, -0.2) is 75.5 Å². The van der Waals surface area contributed by atoms with Gasteiger partial charge in [-0.15, -0.1) is 0 Å². The van der Waals surface area contributed by atoms with Gasteiger partial charge in [0, 0.05) is 23.5 Å². The van der Waals surface area contributed by atoms with Crippen LogP contribution in [-0.2, 0) is 30.4 Å². The number of nitrogens with one attached hydrogen (secondary N) is 5. The SMILES string of the molecule is Cc1ccc(NC(=O)Nc2ccc(CC(=O)NC(CC(C)C)C(=O)NC(CCSCC(NC(=O)CC(C)(C)C)C(=O)O)C(=O)O)cc2)cc1. The fourth-order valence-corrected chi connectivity index (χ4v) is 5.63. The Kier molecular flexibility index (Phi) is 16.1. The maximum Gasteiger partial charge on any atom is 0.327 e. The minimum Gasteiger partial charge on any atom is -0.480 e. The smallest absolute Gasteiger partial charge is 0.327 e. The number of urea groups is 1. The van der Waals surface area contributed by atoms with Crippen LogP contribution in [0.1, 0.15) is 65.0 Å². The summed E-state index contributed by atoms with van der Waals surface area (Å²) in [7, 11) is 0. The van der Waals surface area contributed by atoms with Crippen molar-refractivity contribution in [3.63, 3.8) is 0 Å². The van der Waals surface area contributed by atoms with E-state index in [2.05, 4.69) is 26.6 Å². The number of thioether (sulfide) groups is 1. The van der Waals surface area contributed by atoms with Crippen LogP contribution in [0.15, 0.2) is 48.5 Å². The molecule has 0 aromatic heterocycles. The Labute approximate surface area is 291 Å². The molecule has 2 rings (SSSR count). The van der Waals surface area contributed by atoms with E-state index in [1.165, 1.54) is 0 Å². The second-order valence-electron chi connectivity index (χ2n) is 13.5. The predicted molar refractivity (Wildman–Crippen MR) is 190 cm³/mol. The summed E-state index contributed by atoms with van der Waals surface area (Å²) >= 11 is 1.15. The third kappa shape index (κ3) is 16.4. The summed E-state index contributed by atoms with van der Waals surface area (Å²) in [6.45, 7) is 11.3. The van der Waals surface area contributed by atoms with Crippen molar-refractivity contribution in [2.45, 2.75) is 85.4 Å². The molecule has 268 valence electrons. The van der Waals surface area contributed by atoms with Crippen LogP contribution in [0.25, 0.3) is 0 Å². The molecule has 0 aliphatic carbocycles. The molecular weight excluding hydrogens is 650 g/mol. The van der Waals surface area contributed by atoms with Crippen molar-refractivity contribution in [2.75, 3.05) is 22.1 Å². The molecule has 49 heavy (non-hydrogen) atoms. The van der Waals surface area contributed by atoms with E-state index in [1.54, 1.807) is 36.4 Å². The van der Waals surface area contributed by atoms with E-state index < -0.39 is 47.9 Å². The highest BCUT2D eigenvalue weighted by molar-refractivity contribution is 7.99. The number of aliphatic carboxylic acids is 2. The van der Waals surface area contributed by atoms with Crippen molar-refractivity contribution in [3.05, 3.63) is 59.7 Å². The number of benzene rings is 2. The maximum absolute atomic E-state index is 13.2. The van der Waals surface area contributed by atoms with Gasteiger partial charge in [-0.25, -0.2) is 14.4 Å². The Hall–Kier alpha value is -4.59. The molecule has 0 bridgehead atoms. The summed E-state index contributed by atoms with van der Waals surface area (Å²) in [6.07, 6.45) is 0.377. The van der Waals surface area contributed by atoms with Crippen LogP contribution in [0.5, 0.6) is 0 Å². The van der Waals surface area contributed by atoms with Crippen molar-refractivity contribution in [2.24, 2.45) is 11.3 Å². The van der Waals surface area contributed by atoms with Gasteiger partial charge < -0.3 is 36.8 Å². The summed E-state index contributed by atoms with van der Waals surface area (Å²) in [5, 5.41) is 32.4. The topological polar surface area (TPSA) is 203 Å². The minimum absolute atomic E-state index is 0.000210. The van der Waals surface area contributed by atoms with Crippen LogP contribution < -0.4 is 26.6 Å². The van der Waals surface area contributed by atoms with Gasteiger partial charge in [0.25, 0.3) is 0 Å². The summed E-state index contributed by atoms with van der Waals surface area (Å²) in [6, 6.07) is 10.2. The molecule has 3 atom stereocenters. The molecule has 2 aromatic carbocycles. The number of anilines is 2. The largest absolute Gasteiger partial charge is 0.480 e.